The molecule has 0 saturated carbocycles. The van der Waals surface area contributed by atoms with E-state index in [4.69, 9.17) is 11.6 Å². The van der Waals surface area contributed by atoms with Crippen LogP contribution >= 0.6 is 11.6 Å². The number of rotatable bonds is 5. The van der Waals surface area contributed by atoms with E-state index in [-0.39, 0.29) is 4.90 Å². The molecule has 0 radical (unpaired) electrons. The molecular formula is C18H16ClN3O2S. The van der Waals surface area contributed by atoms with Crippen LogP contribution in [0.4, 0.5) is 17.2 Å². The molecule has 0 amide bonds. The fourth-order valence-corrected chi connectivity index (χ4v) is 3.46. The van der Waals surface area contributed by atoms with Crippen LogP contribution in [0.5, 0.6) is 0 Å². The Balaban J connectivity index is 1.76. The molecule has 3 rings (SSSR count). The molecule has 0 atom stereocenters. The van der Waals surface area contributed by atoms with Crippen molar-refractivity contribution in [1.29, 1.82) is 0 Å². The molecule has 0 saturated heterocycles. The molecule has 2 aromatic carbocycles. The summed E-state index contributed by atoms with van der Waals surface area (Å²) in [7, 11) is -3.63. The van der Waals surface area contributed by atoms with Gasteiger partial charge in [-0.2, -0.15) is 0 Å². The minimum atomic E-state index is -3.63. The highest BCUT2D eigenvalue weighted by Crippen LogP contribution is 2.26. The van der Waals surface area contributed by atoms with Crippen molar-refractivity contribution in [3.63, 3.8) is 0 Å². The Labute approximate surface area is 151 Å². The van der Waals surface area contributed by atoms with Gasteiger partial charge in [-0.25, -0.2) is 13.4 Å². The number of aromatic nitrogens is 1. The van der Waals surface area contributed by atoms with E-state index in [1.807, 2.05) is 25.1 Å². The Hall–Kier alpha value is -2.57. The number of halogens is 1. The van der Waals surface area contributed by atoms with Gasteiger partial charge in [-0.05, 0) is 48.9 Å². The van der Waals surface area contributed by atoms with Gasteiger partial charge in [-0.3, -0.25) is 4.72 Å². The summed E-state index contributed by atoms with van der Waals surface area (Å²) >= 11 is 6.10. The highest BCUT2D eigenvalue weighted by Gasteiger charge is 2.13. The van der Waals surface area contributed by atoms with Crippen molar-refractivity contribution in [3.05, 3.63) is 77.4 Å². The van der Waals surface area contributed by atoms with Crippen LogP contribution in [0.15, 0.2) is 71.8 Å². The first-order valence-electron chi connectivity index (χ1n) is 7.52. The number of nitrogens with one attached hydrogen (secondary N) is 2. The minimum absolute atomic E-state index is 0.201. The van der Waals surface area contributed by atoms with Crippen LogP contribution in [-0.2, 0) is 10.0 Å². The highest BCUT2D eigenvalue weighted by atomic mass is 35.5. The zero-order chi connectivity index (χ0) is 17.9. The summed E-state index contributed by atoms with van der Waals surface area (Å²) in [6.45, 7) is 1.91. The van der Waals surface area contributed by atoms with Crippen molar-refractivity contribution in [3.8, 4) is 0 Å². The Morgan fingerprint density at radius 1 is 0.960 bits per heavy atom. The Bertz CT molecular complexity index is 975. The summed E-state index contributed by atoms with van der Waals surface area (Å²) in [5.74, 6) is 0.591. The average Bonchev–Trinajstić information content (AvgIpc) is 2.61. The third-order valence-corrected chi connectivity index (χ3v) is 5.41. The number of sulfonamides is 1. The quantitative estimate of drug-likeness (QED) is 0.686. The Kier molecular flexibility index (Phi) is 4.92. The van der Waals surface area contributed by atoms with Crippen LogP contribution in [0.3, 0.4) is 0 Å². The predicted octanol–water partition coefficient (Wildman–Crippen LogP) is 4.59. The molecule has 7 heteroatoms. The normalized spacial score (nSPS) is 11.1. The monoisotopic (exact) mass is 373 g/mol. The van der Waals surface area contributed by atoms with Gasteiger partial charge < -0.3 is 5.32 Å². The predicted molar refractivity (Wildman–Crippen MR) is 101 cm³/mol. The first-order valence-corrected chi connectivity index (χ1v) is 9.38. The first-order chi connectivity index (χ1) is 12.0. The molecule has 0 aliphatic rings. The number of hydrogen-bond acceptors (Lipinski definition) is 4. The average molecular weight is 374 g/mol. The van der Waals surface area contributed by atoms with E-state index in [0.29, 0.717) is 16.5 Å². The van der Waals surface area contributed by atoms with Crippen molar-refractivity contribution in [2.24, 2.45) is 0 Å². The van der Waals surface area contributed by atoms with E-state index >= 15 is 0 Å². The van der Waals surface area contributed by atoms with Gasteiger partial charge >= 0.3 is 0 Å². The van der Waals surface area contributed by atoms with Crippen molar-refractivity contribution < 1.29 is 8.42 Å². The third-order valence-electron chi connectivity index (χ3n) is 3.60. The maximum Gasteiger partial charge on any atom is 0.261 e. The van der Waals surface area contributed by atoms with Gasteiger partial charge in [-0.15, -0.1) is 0 Å². The zero-order valence-electron chi connectivity index (χ0n) is 13.4. The van der Waals surface area contributed by atoms with Gasteiger partial charge in [0.05, 0.1) is 16.8 Å². The molecule has 0 bridgehead atoms. The molecular weight excluding hydrogens is 358 g/mol. The highest BCUT2D eigenvalue weighted by molar-refractivity contribution is 7.92. The van der Waals surface area contributed by atoms with Crippen molar-refractivity contribution in [1.82, 2.24) is 4.98 Å². The summed E-state index contributed by atoms with van der Waals surface area (Å²) in [4.78, 5) is 4.44. The number of hydrogen-bond donors (Lipinski definition) is 2. The maximum absolute atomic E-state index is 12.3. The summed E-state index contributed by atoms with van der Waals surface area (Å²) in [6, 6.07) is 17.1. The second-order valence-electron chi connectivity index (χ2n) is 5.39. The molecule has 0 aliphatic heterocycles. The van der Waals surface area contributed by atoms with Crippen LogP contribution in [0.2, 0.25) is 5.02 Å². The molecule has 1 aromatic heterocycles. The van der Waals surface area contributed by atoms with Crippen LogP contribution in [0, 0.1) is 6.92 Å². The largest absolute Gasteiger partial charge is 0.340 e. The molecule has 0 unspecified atom stereocenters. The van der Waals surface area contributed by atoms with Crippen LogP contribution in [0.25, 0.3) is 0 Å². The lowest BCUT2D eigenvalue weighted by Gasteiger charge is -2.11. The summed E-state index contributed by atoms with van der Waals surface area (Å²) in [6.07, 6.45) is 1.46. The summed E-state index contributed by atoms with van der Waals surface area (Å²) < 4.78 is 27.1. The Morgan fingerprint density at radius 2 is 1.72 bits per heavy atom. The standard InChI is InChI=1S/C18H16ClN3O2S/c1-13-16(19)8-5-9-17(13)21-18-11-10-14(12-20-18)22-25(23,24)15-6-3-2-4-7-15/h2-12,22H,1H3,(H,20,21). The second-order valence-corrected chi connectivity index (χ2v) is 7.48. The fourth-order valence-electron chi connectivity index (χ4n) is 2.22. The molecule has 25 heavy (non-hydrogen) atoms. The second kappa shape index (κ2) is 7.13. The van der Waals surface area contributed by atoms with Gasteiger partial charge in [0.25, 0.3) is 10.0 Å². The van der Waals surface area contributed by atoms with E-state index in [9.17, 15) is 8.42 Å². The molecule has 0 fully saturated rings. The van der Waals surface area contributed by atoms with Crippen LogP contribution < -0.4 is 10.0 Å². The van der Waals surface area contributed by atoms with Gasteiger partial charge in [0, 0.05) is 10.7 Å². The maximum atomic E-state index is 12.3. The third kappa shape index (κ3) is 4.10. The molecule has 0 spiro atoms. The fraction of sp³-hybridized carbons (Fsp3) is 0.0556. The van der Waals surface area contributed by atoms with Gasteiger partial charge in [0.2, 0.25) is 0 Å². The lowest BCUT2D eigenvalue weighted by Crippen LogP contribution is -2.13. The van der Waals surface area contributed by atoms with Crippen LogP contribution in [0.1, 0.15) is 5.56 Å². The molecule has 3 aromatic rings. The van der Waals surface area contributed by atoms with Gasteiger partial charge in [0.15, 0.2) is 0 Å². The van der Waals surface area contributed by atoms with Gasteiger partial charge in [-0.1, -0.05) is 35.9 Å². The summed E-state index contributed by atoms with van der Waals surface area (Å²) in [5.41, 5.74) is 2.15. The molecule has 1 heterocycles. The molecule has 5 nitrogen and oxygen atoms in total. The zero-order valence-corrected chi connectivity index (χ0v) is 15.0. The Morgan fingerprint density at radius 3 is 2.40 bits per heavy atom. The number of pyridine rings is 1. The SMILES string of the molecule is Cc1c(Cl)cccc1Nc1ccc(NS(=O)(=O)c2ccccc2)cn1. The van der Waals surface area contributed by atoms with Crippen molar-refractivity contribution >= 4 is 38.8 Å². The number of benzene rings is 2. The molecule has 128 valence electrons. The first kappa shape index (κ1) is 17.3. The van der Waals surface area contributed by atoms with Crippen molar-refractivity contribution in [2.45, 2.75) is 11.8 Å². The van der Waals surface area contributed by atoms with E-state index < -0.39 is 10.0 Å². The van der Waals surface area contributed by atoms with Crippen molar-refractivity contribution in [2.75, 3.05) is 10.0 Å². The molecule has 2 N–H and O–H groups in total. The number of nitrogens with zero attached hydrogens (tertiary/aromatic N) is 1. The lowest BCUT2D eigenvalue weighted by atomic mass is 10.2. The minimum Gasteiger partial charge on any atom is -0.340 e. The summed E-state index contributed by atoms with van der Waals surface area (Å²) in [5, 5.41) is 3.83. The smallest absolute Gasteiger partial charge is 0.261 e. The van der Waals surface area contributed by atoms with Gasteiger partial charge in [0.1, 0.15) is 5.82 Å². The van der Waals surface area contributed by atoms with Crippen LogP contribution in [-0.4, -0.2) is 13.4 Å². The topological polar surface area (TPSA) is 71.1 Å². The molecule has 0 aliphatic carbocycles. The lowest BCUT2D eigenvalue weighted by molar-refractivity contribution is 0.601. The van der Waals surface area contributed by atoms with E-state index in [1.54, 1.807) is 30.3 Å². The number of anilines is 3. The van der Waals surface area contributed by atoms with E-state index in [2.05, 4.69) is 15.0 Å². The van der Waals surface area contributed by atoms with E-state index in [1.165, 1.54) is 18.3 Å². The van der Waals surface area contributed by atoms with E-state index in [0.717, 1.165) is 11.3 Å².